The average Bonchev–Trinajstić information content (AvgIpc) is 3.05. The van der Waals surface area contributed by atoms with E-state index in [4.69, 9.17) is 9.47 Å². The number of likely N-dealkylation sites (tertiary alicyclic amines) is 1. The molecular weight excluding hydrogens is 299 g/mol. The minimum Gasteiger partial charge on any atom is -0.506 e. The van der Waals surface area contributed by atoms with Crippen LogP contribution in [0.3, 0.4) is 0 Å². The van der Waals surface area contributed by atoms with Crippen molar-refractivity contribution in [2.24, 2.45) is 4.76 Å². The Kier molecular flexibility index (Phi) is 4.96. The van der Waals surface area contributed by atoms with Gasteiger partial charge in [-0.3, -0.25) is 9.66 Å². The van der Waals surface area contributed by atoms with Crippen LogP contribution in [0.5, 0.6) is 11.5 Å². The highest BCUT2D eigenvalue weighted by atomic mass is 31.0. The molecule has 5 nitrogen and oxygen atoms in total. The topological polar surface area (TPSA) is 54.3 Å². The lowest BCUT2D eigenvalue weighted by Crippen LogP contribution is -2.27. The predicted molar refractivity (Wildman–Crippen MR) is 90.9 cm³/mol. The Morgan fingerprint density at radius 1 is 1.23 bits per heavy atom. The number of hydrogen-bond acceptors (Lipinski definition) is 5. The maximum atomic E-state index is 10.3. The third kappa shape index (κ3) is 3.60. The molecule has 2 aliphatic heterocycles. The molecule has 0 saturated carbocycles. The van der Waals surface area contributed by atoms with E-state index in [0.717, 1.165) is 30.2 Å². The van der Waals surface area contributed by atoms with E-state index in [-0.39, 0.29) is 5.76 Å². The summed E-state index contributed by atoms with van der Waals surface area (Å²) in [6.45, 7) is 3.95. The van der Waals surface area contributed by atoms with Gasteiger partial charge >= 0.3 is 0 Å². The summed E-state index contributed by atoms with van der Waals surface area (Å²) in [5.41, 5.74) is 1.55. The fraction of sp³-hybridized carbons (Fsp3) is 0.438. The van der Waals surface area contributed by atoms with E-state index < -0.39 is 0 Å². The molecule has 0 aliphatic carbocycles. The summed E-state index contributed by atoms with van der Waals surface area (Å²) < 4.78 is 15.2. The van der Waals surface area contributed by atoms with Gasteiger partial charge in [0, 0.05) is 6.54 Å². The van der Waals surface area contributed by atoms with Crippen molar-refractivity contribution in [1.29, 1.82) is 0 Å². The van der Waals surface area contributed by atoms with Crippen LogP contribution in [0.15, 0.2) is 28.7 Å². The summed E-state index contributed by atoms with van der Waals surface area (Å²) in [6, 6.07) is 5.65. The van der Waals surface area contributed by atoms with Crippen LogP contribution in [0.25, 0.3) is 6.08 Å². The van der Waals surface area contributed by atoms with Crippen molar-refractivity contribution in [3.8, 4) is 11.5 Å². The Hall–Kier alpha value is -1.58. The first-order chi connectivity index (χ1) is 10.8. The molecule has 1 unspecified atom stereocenters. The number of ether oxygens (including phenoxy) is 2. The zero-order valence-electron chi connectivity index (χ0n) is 12.5. The van der Waals surface area contributed by atoms with E-state index in [1.165, 1.54) is 12.8 Å². The van der Waals surface area contributed by atoms with Gasteiger partial charge in [-0.05, 0) is 59.1 Å². The first-order valence-electron chi connectivity index (χ1n) is 7.56. The molecule has 0 radical (unpaired) electrons. The summed E-state index contributed by atoms with van der Waals surface area (Å²) in [5.74, 6) is 1.66. The minimum absolute atomic E-state index is 0.193. The standard InChI is InChI=1S/C16H21N2O3P/c19-14(13(17-22)11-18-5-1-2-6-18)9-12-3-4-15-16(10-12)21-8-7-20-15/h3-4,9-10,19H,1-2,5-8,11,22H2/b14-9?,17-13+. The number of benzene rings is 1. The predicted octanol–water partition coefficient (Wildman–Crippen LogP) is 2.68. The molecule has 0 spiro atoms. The molecule has 1 N–H and O–H groups in total. The van der Waals surface area contributed by atoms with Gasteiger partial charge in [-0.25, -0.2) is 0 Å². The molecule has 118 valence electrons. The maximum absolute atomic E-state index is 10.3. The smallest absolute Gasteiger partial charge is 0.161 e. The summed E-state index contributed by atoms with van der Waals surface area (Å²) in [6.07, 6.45) is 4.16. The molecule has 1 atom stereocenters. The Balaban J connectivity index is 1.74. The molecule has 0 aromatic heterocycles. The highest BCUT2D eigenvalue weighted by Crippen LogP contribution is 2.31. The van der Waals surface area contributed by atoms with E-state index in [0.29, 0.717) is 25.5 Å². The van der Waals surface area contributed by atoms with Crippen LogP contribution < -0.4 is 9.47 Å². The number of aliphatic hydroxyl groups is 1. The molecule has 1 aromatic carbocycles. The van der Waals surface area contributed by atoms with E-state index >= 15 is 0 Å². The number of nitrogens with zero attached hydrogens (tertiary/aromatic N) is 2. The fourth-order valence-electron chi connectivity index (χ4n) is 2.73. The zero-order valence-corrected chi connectivity index (χ0v) is 13.6. The van der Waals surface area contributed by atoms with Crippen LogP contribution in [-0.2, 0) is 0 Å². The SMILES string of the molecule is OC(=Cc1ccc2c(c1)OCCO2)/C(CN1CCCC1)=N/P. The Morgan fingerprint density at radius 3 is 2.68 bits per heavy atom. The van der Waals surface area contributed by atoms with Gasteiger partial charge in [0.05, 0.1) is 5.71 Å². The molecule has 2 aliphatic rings. The van der Waals surface area contributed by atoms with E-state index in [1.807, 2.05) is 18.2 Å². The van der Waals surface area contributed by atoms with Crippen LogP contribution in [0.1, 0.15) is 18.4 Å². The second kappa shape index (κ2) is 7.12. The number of fused-ring (bicyclic) bond motifs is 1. The van der Waals surface area contributed by atoms with Gasteiger partial charge in [0.25, 0.3) is 0 Å². The van der Waals surface area contributed by atoms with Crippen LogP contribution in [0, 0.1) is 0 Å². The molecular formula is C16H21N2O3P. The van der Waals surface area contributed by atoms with Crippen molar-refractivity contribution in [2.45, 2.75) is 12.8 Å². The monoisotopic (exact) mass is 320 g/mol. The largest absolute Gasteiger partial charge is 0.506 e. The second-order valence-corrected chi connectivity index (χ2v) is 5.75. The van der Waals surface area contributed by atoms with Crippen molar-refractivity contribution in [1.82, 2.24) is 4.90 Å². The lowest BCUT2D eigenvalue weighted by molar-refractivity contribution is 0.171. The third-order valence-electron chi connectivity index (χ3n) is 3.89. The molecule has 0 amide bonds. The van der Waals surface area contributed by atoms with Crippen molar-refractivity contribution < 1.29 is 14.6 Å². The molecule has 0 bridgehead atoms. The molecule has 22 heavy (non-hydrogen) atoms. The molecule has 1 fully saturated rings. The quantitative estimate of drug-likeness (QED) is 0.526. The van der Waals surface area contributed by atoms with Crippen LogP contribution in [-0.4, -0.2) is 48.6 Å². The number of aliphatic hydroxyl groups excluding tert-OH is 1. The van der Waals surface area contributed by atoms with E-state index in [1.54, 1.807) is 6.08 Å². The Labute approximate surface area is 132 Å². The normalized spacial score (nSPS) is 19.5. The highest BCUT2D eigenvalue weighted by molar-refractivity contribution is 7.15. The Bertz CT molecular complexity index is 595. The third-order valence-corrected chi connectivity index (χ3v) is 4.20. The summed E-state index contributed by atoms with van der Waals surface area (Å²) in [7, 11) is 2.34. The maximum Gasteiger partial charge on any atom is 0.161 e. The highest BCUT2D eigenvalue weighted by Gasteiger charge is 2.16. The zero-order chi connectivity index (χ0) is 15.4. The van der Waals surface area contributed by atoms with Gasteiger partial charge in [0.1, 0.15) is 19.0 Å². The molecule has 6 heteroatoms. The van der Waals surface area contributed by atoms with Crippen molar-refractivity contribution >= 4 is 21.2 Å². The van der Waals surface area contributed by atoms with Crippen LogP contribution in [0.4, 0.5) is 0 Å². The van der Waals surface area contributed by atoms with Gasteiger partial charge < -0.3 is 14.6 Å². The van der Waals surface area contributed by atoms with Crippen molar-refractivity contribution in [3.05, 3.63) is 29.5 Å². The van der Waals surface area contributed by atoms with Gasteiger partial charge in [-0.1, -0.05) is 6.07 Å². The van der Waals surface area contributed by atoms with Gasteiger partial charge in [-0.2, -0.15) is 0 Å². The molecule has 1 aromatic rings. The molecule has 2 heterocycles. The van der Waals surface area contributed by atoms with Gasteiger partial charge in [-0.15, -0.1) is 0 Å². The number of hydrogen-bond donors (Lipinski definition) is 1. The summed E-state index contributed by atoms with van der Waals surface area (Å²) >= 11 is 0. The van der Waals surface area contributed by atoms with Crippen LogP contribution >= 0.6 is 9.39 Å². The first-order valence-corrected chi connectivity index (χ1v) is 8.08. The lowest BCUT2D eigenvalue weighted by atomic mass is 10.1. The van der Waals surface area contributed by atoms with E-state index in [9.17, 15) is 5.11 Å². The lowest BCUT2D eigenvalue weighted by Gasteiger charge is -2.18. The van der Waals surface area contributed by atoms with Crippen LogP contribution in [0.2, 0.25) is 0 Å². The average molecular weight is 320 g/mol. The van der Waals surface area contributed by atoms with Gasteiger partial charge in [0.15, 0.2) is 11.5 Å². The molecule has 1 saturated heterocycles. The number of rotatable bonds is 4. The van der Waals surface area contributed by atoms with Crippen molar-refractivity contribution in [3.63, 3.8) is 0 Å². The first kappa shape index (κ1) is 15.3. The van der Waals surface area contributed by atoms with Crippen molar-refractivity contribution in [2.75, 3.05) is 32.8 Å². The summed E-state index contributed by atoms with van der Waals surface area (Å²) in [5, 5.41) is 10.3. The van der Waals surface area contributed by atoms with E-state index in [2.05, 4.69) is 19.1 Å². The molecule has 3 rings (SSSR count). The van der Waals surface area contributed by atoms with Gasteiger partial charge in [0.2, 0.25) is 0 Å². The fourth-order valence-corrected chi connectivity index (χ4v) is 2.95. The summed E-state index contributed by atoms with van der Waals surface area (Å²) in [4.78, 5) is 2.30. The Morgan fingerprint density at radius 2 is 1.95 bits per heavy atom. The minimum atomic E-state index is 0.193. The second-order valence-electron chi connectivity index (χ2n) is 5.49.